The molecule has 96 valence electrons. The number of rotatable bonds is 1. The molecular formula is C9H17ClO6. The van der Waals surface area contributed by atoms with E-state index in [0.717, 1.165) is 0 Å². The summed E-state index contributed by atoms with van der Waals surface area (Å²) in [6, 6.07) is 0. The fourth-order valence-corrected chi connectivity index (χ4v) is 0.753. The lowest BCUT2D eigenvalue weighted by Gasteiger charge is -2.27. The molecule has 16 heavy (non-hydrogen) atoms. The molecule has 1 saturated heterocycles. The van der Waals surface area contributed by atoms with Crippen molar-refractivity contribution in [1.82, 2.24) is 0 Å². The molecule has 1 aliphatic rings. The van der Waals surface area contributed by atoms with Gasteiger partial charge in [-0.3, -0.25) is 0 Å². The van der Waals surface area contributed by atoms with E-state index in [1.54, 1.807) is 34.6 Å². The summed E-state index contributed by atoms with van der Waals surface area (Å²) in [7, 11) is 0. The predicted octanol–water partition coefficient (Wildman–Crippen LogP) is 2.27. The molecule has 0 radical (unpaired) electrons. The van der Waals surface area contributed by atoms with Crippen LogP contribution in [0.3, 0.4) is 0 Å². The maximum atomic E-state index is 5.70. The molecule has 0 aromatic rings. The van der Waals surface area contributed by atoms with E-state index >= 15 is 0 Å². The van der Waals surface area contributed by atoms with Crippen molar-refractivity contribution < 1.29 is 29.3 Å². The highest BCUT2D eigenvalue weighted by atomic mass is 35.5. The second-order valence-corrected chi connectivity index (χ2v) is 4.83. The van der Waals surface area contributed by atoms with Crippen molar-refractivity contribution >= 4 is 11.6 Å². The van der Waals surface area contributed by atoms with Crippen molar-refractivity contribution in [1.29, 1.82) is 0 Å². The molecule has 7 heteroatoms. The summed E-state index contributed by atoms with van der Waals surface area (Å²) in [4.78, 5) is 30.1. The number of alkyl halides is 1. The average molecular weight is 257 g/mol. The van der Waals surface area contributed by atoms with E-state index in [1.165, 1.54) is 0 Å². The van der Waals surface area contributed by atoms with Gasteiger partial charge in [-0.15, -0.1) is 11.6 Å². The van der Waals surface area contributed by atoms with E-state index in [4.69, 9.17) is 40.9 Å². The largest absolute Gasteiger partial charge is 0.244 e. The van der Waals surface area contributed by atoms with Crippen LogP contribution >= 0.6 is 11.6 Å². The highest BCUT2D eigenvalue weighted by molar-refractivity contribution is 6.18. The summed E-state index contributed by atoms with van der Waals surface area (Å²) in [6.45, 7) is 8.02. The molecule has 0 saturated carbocycles. The molecule has 0 amide bonds. The Labute approximate surface area is 99.4 Å². The molecule has 0 aromatic carbocycles. The van der Waals surface area contributed by atoms with Crippen LogP contribution in [0.1, 0.15) is 34.6 Å². The zero-order chi connectivity index (χ0) is 12.4. The van der Waals surface area contributed by atoms with Gasteiger partial charge in [0.05, 0.1) is 5.88 Å². The number of hydrogen-bond acceptors (Lipinski definition) is 6. The highest BCUT2D eigenvalue weighted by Crippen LogP contribution is 2.28. The fraction of sp³-hybridized carbons (Fsp3) is 1.00. The van der Waals surface area contributed by atoms with Crippen LogP contribution in [-0.4, -0.2) is 23.2 Å². The van der Waals surface area contributed by atoms with Gasteiger partial charge in [0.25, 0.3) is 0 Å². The van der Waals surface area contributed by atoms with Crippen molar-refractivity contribution in [2.24, 2.45) is 0 Å². The van der Waals surface area contributed by atoms with Crippen LogP contribution < -0.4 is 0 Å². The van der Waals surface area contributed by atoms with Gasteiger partial charge in [-0.25, -0.2) is 0 Å². The van der Waals surface area contributed by atoms with E-state index in [1.807, 2.05) is 0 Å². The van der Waals surface area contributed by atoms with Crippen LogP contribution in [0.2, 0.25) is 0 Å². The van der Waals surface area contributed by atoms with E-state index < -0.39 is 17.4 Å². The van der Waals surface area contributed by atoms with E-state index in [-0.39, 0.29) is 5.88 Å². The third-order valence-electron chi connectivity index (χ3n) is 1.52. The van der Waals surface area contributed by atoms with E-state index in [9.17, 15) is 0 Å². The summed E-state index contributed by atoms with van der Waals surface area (Å²) < 4.78 is 0. The van der Waals surface area contributed by atoms with Gasteiger partial charge in [0.1, 0.15) is 0 Å². The maximum Gasteiger partial charge on any atom is 0.244 e. The van der Waals surface area contributed by atoms with Crippen LogP contribution in [0.25, 0.3) is 0 Å². The van der Waals surface area contributed by atoms with Gasteiger partial charge in [0.15, 0.2) is 0 Å². The Morgan fingerprint density at radius 1 is 0.688 bits per heavy atom. The fourth-order valence-electron chi connectivity index (χ4n) is 0.664. The normalized spacial score (nSPS) is 28.9. The molecule has 0 unspecified atom stereocenters. The number of halogens is 1. The van der Waals surface area contributed by atoms with Crippen molar-refractivity contribution in [2.75, 3.05) is 5.88 Å². The molecule has 0 atom stereocenters. The van der Waals surface area contributed by atoms with Gasteiger partial charge in [-0.05, 0) is 34.6 Å². The van der Waals surface area contributed by atoms with Crippen LogP contribution in [0.15, 0.2) is 0 Å². The topological polar surface area (TPSA) is 55.4 Å². The van der Waals surface area contributed by atoms with Gasteiger partial charge in [-0.1, -0.05) is 0 Å². The summed E-state index contributed by atoms with van der Waals surface area (Å²) in [5, 5.41) is 0. The van der Waals surface area contributed by atoms with Gasteiger partial charge in [-0.2, -0.15) is 29.3 Å². The standard InChI is InChI=1S/C9H17ClO6/c1-7(2)11-12-8(3,4)14-16-9(5,6-10)15-13-7/h6H2,1-5H3. The minimum absolute atomic E-state index is 0.0131. The number of hydrogen-bond donors (Lipinski definition) is 0. The monoisotopic (exact) mass is 256 g/mol. The molecular weight excluding hydrogens is 240 g/mol. The molecule has 0 bridgehead atoms. The van der Waals surface area contributed by atoms with Crippen LogP contribution in [0, 0.1) is 0 Å². The Morgan fingerprint density at radius 2 is 1.00 bits per heavy atom. The van der Waals surface area contributed by atoms with Crippen molar-refractivity contribution in [3.8, 4) is 0 Å². The average Bonchev–Trinajstić information content (AvgIpc) is 2.24. The summed E-state index contributed by atoms with van der Waals surface area (Å²) in [6.07, 6.45) is 0. The summed E-state index contributed by atoms with van der Waals surface area (Å²) >= 11 is 5.70. The smallest absolute Gasteiger partial charge is 0.196 e. The van der Waals surface area contributed by atoms with Gasteiger partial charge >= 0.3 is 0 Å². The minimum atomic E-state index is -1.24. The quantitative estimate of drug-likeness (QED) is 0.530. The first-order valence-electron chi connectivity index (χ1n) is 4.85. The lowest BCUT2D eigenvalue weighted by atomic mass is 10.4. The molecule has 1 rings (SSSR count). The SMILES string of the molecule is CC1(C)OOC(C)(C)OOC(C)(CCl)OO1. The van der Waals surface area contributed by atoms with E-state index in [2.05, 4.69) is 0 Å². The van der Waals surface area contributed by atoms with Crippen LogP contribution in [0.4, 0.5) is 0 Å². The predicted molar refractivity (Wildman–Crippen MR) is 53.8 cm³/mol. The molecule has 1 heterocycles. The Kier molecular flexibility index (Phi) is 4.18. The third kappa shape index (κ3) is 4.14. The van der Waals surface area contributed by atoms with Crippen LogP contribution in [0.5, 0.6) is 0 Å². The molecule has 0 spiro atoms. The molecule has 0 aromatic heterocycles. The Bertz CT molecular complexity index is 222. The Hall–Kier alpha value is 0.0500. The first kappa shape index (κ1) is 14.1. The lowest BCUT2D eigenvalue weighted by Crippen LogP contribution is -2.38. The summed E-state index contributed by atoms with van der Waals surface area (Å²) in [5.74, 6) is -3.45. The second-order valence-electron chi connectivity index (χ2n) is 4.57. The first-order chi connectivity index (χ1) is 7.18. The first-order valence-corrected chi connectivity index (χ1v) is 5.38. The Morgan fingerprint density at radius 3 is 1.31 bits per heavy atom. The molecule has 6 nitrogen and oxygen atoms in total. The zero-order valence-corrected chi connectivity index (χ0v) is 10.8. The molecule has 1 aliphatic heterocycles. The zero-order valence-electron chi connectivity index (χ0n) is 10.0. The lowest BCUT2D eigenvalue weighted by molar-refractivity contribution is -0.534. The van der Waals surface area contributed by atoms with Crippen molar-refractivity contribution in [3.05, 3.63) is 0 Å². The molecule has 0 N–H and O–H groups in total. The maximum absolute atomic E-state index is 5.70. The highest BCUT2D eigenvalue weighted by Gasteiger charge is 2.39. The third-order valence-corrected chi connectivity index (χ3v) is 2.01. The molecule has 1 fully saturated rings. The van der Waals surface area contributed by atoms with Crippen molar-refractivity contribution in [3.63, 3.8) is 0 Å². The van der Waals surface area contributed by atoms with Gasteiger partial charge in [0.2, 0.25) is 17.4 Å². The molecule has 0 aliphatic carbocycles. The van der Waals surface area contributed by atoms with Crippen LogP contribution in [-0.2, 0) is 29.3 Å². The Balaban J connectivity index is 2.79. The second kappa shape index (κ2) is 4.73. The van der Waals surface area contributed by atoms with E-state index in [0.29, 0.717) is 0 Å². The summed E-state index contributed by atoms with van der Waals surface area (Å²) in [5.41, 5.74) is 0. The minimum Gasteiger partial charge on any atom is -0.196 e. The van der Waals surface area contributed by atoms with Gasteiger partial charge in [0, 0.05) is 0 Å². The van der Waals surface area contributed by atoms with Gasteiger partial charge < -0.3 is 0 Å². The van der Waals surface area contributed by atoms with Crippen molar-refractivity contribution in [2.45, 2.75) is 52.0 Å².